The van der Waals surface area contributed by atoms with Crippen molar-refractivity contribution in [2.24, 2.45) is 0 Å². The van der Waals surface area contributed by atoms with Gasteiger partial charge in [-0.25, -0.2) is 0 Å². The second kappa shape index (κ2) is 11.9. The van der Waals surface area contributed by atoms with E-state index in [0.29, 0.717) is 29.5 Å². The maximum Gasteiger partial charge on any atom is 0.246 e. The first-order chi connectivity index (χ1) is 15.8. The fourth-order valence-electron chi connectivity index (χ4n) is 3.61. The zero-order chi connectivity index (χ0) is 23.8. The van der Waals surface area contributed by atoms with E-state index in [-0.39, 0.29) is 24.5 Å². The van der Waals surface area contributed by atoms with Gasteiger partial charge in [-0.3, -0.25) is 14.5 Å². The molecule has 3 N–H and O–H groups in total. The fourth-order valence-corrected chi connectivity index (χ4v) is 3.73. The number of amides is 2. The maximum atomic E-state index is 12.3. The highest BCUT2D eigenvalue weighted by Gasteiger charge is 2.26. The molecule has 2 aromatic rings. The molecular formula is C24H30ClN3O5. The number of hydrogen-bond acceptors (Lipinski definition) is 6. The number of aliphatic hydroxyl groups is 1. The van der Waals surface area contributed by atoms with Crippen LogP contribution < -0.4 is 20.1 Å². The van der Waals surface area contributed by atoms with Gasteiger partial charge >= 0.3 is 0 Å². The summed E-state index contributed by atoms with van der Waals surface area (Å²) in [4.78, 5) is 25.6. The molecule has 0 aromatic heterocycles. The molecule has 9 heteroatoms. The summed E-state index contributed by atoms with van der Waals surface area (Å²) in [5.74, 6) is 0.588. The molecule has 0 bridgehead atoms. The third-order valence-electron chi connectivity index (χ3n) is 5.20. The van der Waals surface area contributed by atoms with Gasteiger partial charge in [0.1, 0.15) is 36.4 Å². The summed E-state index contributed by atoms with van der Waals surface area (Å²) in [5, 5.41) is 16.4. The number of benzene rings is 2. The molecule has 0 radical (unpaired) electrons. The number of anilines is 1. The van der Waals surface area contributed by atoms with Gasteiger partial charge in [-0.2, -0.15) is 0 Å². The molecular weight excluding hydrogens is 446 g/mol. The van der Waals surface area contributed by atoms with Crippen LogP contribution in [0.4, 0.5) is 5.69 Å². The molecule has 3 rings (SSSR count). The lowest BCUT2D eigenvalue weighted by Gasteiger charge is -2.21. The van der Waals surface area contributed by atoms with Gasteiger partial charge in [0.05, 0.1) is 5.69 Å². The Labute approximate surface area is 198 Å². The van der Waals surface area contributed by atoms with Gasteiger partial charge in [-0.15, -0.1) is 0 Å². The number of likely N-dealkylation sites (tertiary alicyclic amines) is 1. The van der Waals surface area contributed by atoms with Crippen LogP contribution in [0, 0.1) is 0 Å². The van der Waals surface area contributed by atoms with E-state index in [1.165, 1.54) is 6.92 Å². The van der Waals surface area contributed by atoms with Crippen LogP contribution in [0.1, 0.15) is 20.3 Å². The van der Waals surface area contributed by atoms with E-state index in [1.807, 2.05) is 12.1 Å². The zero-order valence-electron chi connectivity index (χ0n) is 18.8. The van der Waals surface area contributed by atoms with Crippen molar-refractivity contribution in [3.05, 3.63) is 53.6 Å². The van der Waals surface area contributed by atoms with Gasteiger partial charge < -0.3 is 25.2 Å². The summed E-state index contributed by atoms with van der Waals surface area (Å²) < 4.78 is 11.8. The normalized spacial score (nSPS) is 17.8. The summed E-state index contributed by atoms with van der Waals surface area (Å²) in [5.41, 5.74) is 0.476. The largest absolute Gasteiger partial charge is 0.489 e. The number of β-amino-alcohol motifs (C(OH)–C–C–N with tert-alkyl or cyclic N) is 1. The molecule has 1 heterocycles. The van der Waals surface area contributed by atoms with Crippen LogP contribution in [-0.4, -0.2) is 66.3 Å². The zero-order valence-corrected chi connectivity index (χ0v) is 19.5. The van der Waals surface area contributed by atoms with Gasteiger partial charge in [0.2, 0.25) is 11.8 Å². The number of halogens is 1. The first kappa shape index (κ1) is 24.8. The molecule has 1 saturated heterocycles. The lowest BCUT2D eigenvalue weighted by Crippen LogP contribution is -2.40. The Kier molecular flexibility index (Phi) is 8.94. The number of carbonyl (C=O) groups is 2. The van der Waals surface area contributed by atoms with Crippen molar-refractivity contribution in [2.45, 2.75) is 38.5 Å². The highest BCUT2D eigenvalue weighted by molar-refractivity contribution is 6.30. The van der Waals surface area contributed by atoms with E-state index in [0.717, 1.165) is 18.7 Å². The smallest absolute Gasteiger partial charge is 0.246 e. The van der Waals surface area contributed by atoms with Crippen molar-refractivity contribution in [3.63, 3.8) is 0 Å². The van der Waals surface area contributed by atoms with Crippen LogP contribution in [0.3, 0.4) is 0 Å². The van der Waals surface area contributed by atoms with Crippen molar-refractivity contribution in [3.8, 4) is 11.5 Å². The number of carbonyl (C=O) groups excluding carboxylic acids is 2. The highest BCUT2D eigenvalue weighted by atomic mass is 35.5. The number of aliphatic hydroxyl groups excluding tert-OH is 1. The lowest BCUT2D eigenvalue weighted by molar-refractivity contribution is -0.124. The first-order valence-electron chi connectivity index (χ1n) is 10.9. The molecule has 2 amide bonds. The summed E-state index contributed by atoms with van der Waals surface area (Å²) >= 11 is 5.91. The molecule has 3 atom stereocenters. The van der Waals surface area contributed by atoms with Crippen molar-refractivity contribution >= 4 is 29.1 Å². The Bertz CT molecular complexity index is 940. The lowest BCUT2D eigenvalue weighted by atomic mass is 10.2. The number of nitrogens with one attached hydrogen (secondary N) is 2. The first-order valence-corrected chi connectivity index (χ1v) is 11.3. The van der Waals surface area contributed by atoms with E-state index in [9.17, 15) is 14.7 Å². The van der Waals surface area contributed by atoms with Crippen LogP contribution in [0.15, 0.2) is 48.5 Å². The third-order valence-corrected chi connectivity index (χ3v) is 5.46. The quantitative estimate of drug-likeness (QED) is 0.488. The van der Waals surface area contributed by atoms with E-state index < -0.39 is 12.1 Å². The summed E-state index contributed by atoms with van der Waals surface area (Å²) in [6.45, 7) is 5.02. The van der Waals surface area contributed by atoms with E-state index in [1.54, 1.807) is 43.3 Å². The van der Waals surface area contributed by atoms with Crippen LogP contribution in [0.25, 0.3) is 0 Å². The highest BCUT2D eigenvalue weighted by Crippen LogP contribution is 2.25. The molecule has 8 nitrogen and oxygen atoms in total. The SMILES string of the molecule is CC(=O)NC(C)C(=O)Nc1ccccc1OCC(O)CN1CCC(Oc2ccc(Cl)cc2)C1. The molecule has 178 valence electrons. The number of para-hydroxylation sites is 2. The minimum absolute atomic E-state index is 0.0563. The average molecular weight is 476 g/mol. The number of ether oxygens (including phenoxy) is 2. The average Bonchev–Trinajstić information content (AvgIpc) is 3.20. The Hall–Kier alpha value is -2.81. The predicted molar refractivity (Wildman–Crippen MR) is 127 cm³/mol. The van der Waals surface area contributed by atoms with E-state index >= 15 is 0 Å². The minimum atomic E-state index is -0.707. The van der Waals surface area contributed by atoms with Gasteiger partial charge in [-0.1, -0.05) is 23.7 Å². The van der Waals surface area contributed by atoms with Crippen molar-refractivity contribution in [1.29, 1.82) is 0 Å². The van der Waals surface area contributed by atoms with Gasteiger partial charge in [-0.05, 0) is 49.7 Å². The van der Waals surface area contributed by atoms with Crippen molar-refractivity contribution in [2.75, 3.05) is 31.6 Å². The molecule has 1 aliphatic rings. The Morgan fingerprint density at radius 3 is 2.67 bits per heavy atom. The summed E-state index contributed by atoms with van der Waals surface area (Å²) in [7, 11) is 0. The summed E-state index contributed by atoms with van der Waals surface area (Å²) in [6.07, 6.45) is 0.222. The maximum absolute atomic E-state index is 12.3. The van der Waals surface area contributed by atoms with Gasteiger partial charge in [0, 0.05) is 31.6 Å². The molecule has 33 heavy (non-hydrogen) atoms. The van der Waals surface area contributed by atoms with Gasteiger partial charge in [0.25, 0.3) is 0 Å². The monoisotopic (exact) mass is 475 g/mol. The van der Waals surface area contributed by atoms with Crippen molar-refractivity contribution < 1.29 is 24.2 Å². The fraction of sp³-hybridized carbons (Fsp3) is 0.417. The third kappa shape index (κ3) is 7.92. The number of rotatable bonds is 10. The summed E-state index contributed by atoms with van der Waals surface area (Å²) in [6, 6.07) is 13.6. The Balaban J connectivity index is 1.45. The second-order valence-electron chi connectivity index (χ2n) is 8.11. The molecule has 2 aromatic carbocycles. The predicted octanol–water partition coefficient (Wildman–Crippen LogP) is 2.70. The van der Waals surface area contributed by atoms with E-state index in [2.05, 4.69) is 15.5 Å². The van der Waals surface area contributed by atoms with E-state index in [4.69, 9.17) is 21.1 Å². The molecule has 0 aliphatic carbocycles. The van der Waals surface area contributed by atoms with Crippen molar-refractivity contribution in [1.82, 2.24) is 10.2 Å². The topological polar surface area (TPSA) is 100 Å². The molecule has 0 saturated carbocycles. The van der Waals surface area contributed by atoms with Crippen LogP contribution >= 0.6 is 11.6 Å². The molecule has 1 aliphatic heterocycles. The van der Waals surface area contributed by atoms with Gasteiger partial charge in [0.15, 0.2) is 0 Å². The minimum Gasteiger partial charge on any atom is -0.489 e. The number of nitrogens with zero attached hydrogens (tertiary/aromatic N) is 1. The standard InChI is InChI=1S/C24H30ClN3O5/c1-16(26-17(2)29)24(31)27-22-5-3-4-6-23(22)32-15-19(30)13-28-12-11-21(14-28)33-20-9-7-18(25)8-10-20/h3-10,16,19,21,30H,11-15H2,1-2H3,(H,26,29)(H,27,31). The molecule has 1 fully saturated rings. The second-order valence-corrected chi connectivity index (χ2v) is 8.55. The Morgan fingerprint density at radius 1 is 1.21 bits per heavy atom. The molecule has 3 unspecified atom stereocenters. The molecule has 0 spiro atoms. The number of hydrogen-bond donors (Lipinski definition) is 3. The van der Waals surface area contributed by atoms with Crippen LogP contribution in [-0.2, 0) is 9.59 Å². The van der Waals surface area contributed by atoms with Crippen LogP contribution in [0.2, 0.25) is 5.02 Å². The van der Waals surface area contributed by atoms with Crippen LogP contribution in [0.5, 0.6) is 11.5 Å². The Morgan fingerprint density at radius 2 is 1.94 bits per heavy atom.